The van der Waals surface area contributed by atoms with Gasteiger partial charge in [-0.1, -0.05) is 27.7 Å². The van der Waals surface area contributed by atoms with E-state index in [9.17, 15) is 0 Å². The Hall–Kier alpha value is -1.32. The Labute approximate surface area is 129 Å². The smallest absolute Gasteiger partial charge is 0.134 e. The van der Waals surface area contributed by atoms with Gasteiger partial charge in [-0.3, -0.25) is 0 Å². The second kappa shape index (κ2) is 7.62. The maximum Gasteiger partial charge on any atom is 0.134 e. The van der Waals surface area contributed by atoms with E-state index in [2.05, 4.69) is 49.0 Å². The second-order valence-electron chi connectivity index (χ2n) is 6.48. The van der Waals surface area contributed by atoms with Crippen LogP contribution >= 0.6 is 0 Å². The normalized spacial score (nSPS) is 14.5. The van der Waals surface area contributed by atoms with Gasteiger partial charge in [0.1, 0.15) is 17.5 Å². The van der Waals surface area contributed by atoms with Crippen LogP contribution in [0.25, 0.3) is 0 Å². The first-order valence-corrected chi connectivity index (χ1v) is 8.52. The Morgan fingerprint density at radius 3 is 2.57 bits per heavy atom. The standard InChI is InChI=1S/C17H30N4/c1-5-7-15-19-16(18-10-6-2)11-17(20-15)21(12-13(3)4)14-8-9-14/h11,13-14H,5-10,12H2,1-4H3,(H,18,19,20). The summed E-state index contributed by atoms with van der Waals surface area (Å²) in [5.41, 5.74) is 0. The van der Waals surface area contributed by atoms with Gasteiger partial charge in [0, 0.05) is 31.6 Å². The van der Waals surface area contributed by atoms with Gasteiger partial charge in [0.25, 0.3) is 0 Å². The number of hydrogen-bond acceptors (Lipinski definition) is 4. The lowest BCUT2D eigenvalue weighted by atomic mass is 10.2. The van der Waals surface area contributed by atoms with E-state index in [1.807, 2.05) is 0 Å². The minimum atomic E-state index is 0.655. The molecule has 4 nitrogen and oxygen atoms in total. The Morgan fingerprint density at radius 1 is 1.24 bits per heavy atom. The molecule has 0 saturated heterocycles. The molecule has 1 saturated carbocycles. The van der Waals surface area contributed by atoms with Crippen LogP contribution in [0.2, 0.25) is 0 Å². The van der Waals surface area contributed by atoms with Gasteiger partial charge in [0.05, 0.1) is 0 Å². The molecule has 1 N–H and O–H groups in total. The molecule has 1 heterocycles. The third-order valence-electron chi connectivity index (χ3n) is 3.63. The molecule has 0 atom stereocenters. The number of aryl methyl sites for hydroxylation is 1. The quantitative estimate of drug-likeness (QED) is 0.749. The number of aromatic nitrogens is 2. The van der Waals surface area contributed by atoms with Crippen molar-refractivity contribution in [1.29, 1.82) is 0 Å². The van der Waals surface area contributed by atoms with E-state index in [0.717, 1.165) is 49.8 Å². The average Bonchev–Trinajstić information content (AvgIpc) is 3.27. The summed E-state index contributed by atoms with van der Waals surface area (Å²) in [6, 6.07) is 2.83. The van der Waals surface area contributed by atoms with Crippen molar-refractivity contribution in [2.75, 3.05) is 23.3 Å². The largest absolute Gasteiger partial charge is 0.370 e. The molecule has 4 heteroatoms. The third kappa shape index (κ3) is 4.87. The van der Waals surface area contributed by atoms with Crippen molar-refractivity contribution in [3.05, 3.63) is 11.9 Å². The van der Waals surface area contributed by atoms with Crippen molar-refractivity contribution in [2.45, 2.75) is 65.8 Å². The van der Waals surface area contributed by atoms with Gasteiger partial charge in [-0.25, -0.2) is 9.97 Å². The van der Waals surface area contributed by atoms with E-state index in [1.54, 1.807) is 0 Å². The van der Waals surface area contributed by atoms with Gasteiger partial charge in [-0.2, -0.15) is 0 Å². The van der Waals surface area contributed by atoms with Crippen molar-refractivity contribution in [3.8, 4) is 0 Å². The van der Waals surface area contributed by atoms with E-state index >= 15 is 0 Å². The van der Waals surface area contributed by atoms with Crippen LogP contribution in [-0.2, 0) is 6.42 Å². The van der Waals surface area contributed by atoms with Gasteiger partial charge in [0.15, 0.2) is 0 Å². The van der Waals surface area contributed by atoms with Crippen molar-refractivity contribution in [2.24, 2.45) is 5.92 Å². The van der Waals surface area contributed by atoms with Crippen LogP contribution in [0.3, 0.4) is 0 Å². The van der Waals surface area contributed by atoms with Gasteiger partial charge in [-0.15, -0.1) is 0 Å². The van der Waals surface area contributed by atoms with Crippen LogP contribution < -0.4 is 10.2 Å². The van der Waals surface area contributed by atoms with E-state index < -0.39 is 0 Å². The highest BCUT2D eigenvalue weighted by molar-refractivity contribution is 5.51. The lowest BCUT2D eigenvalue weighted by molar-refractivity contribution is 0.601. The highest BCUT2D eigenvalue weighted by Crippen LogP contribution is 2.32. The van der Waals surface area contributed by atoms with Crippen LogP contribution in [-0.4, -0.2) is 29.1 Å². The molecule has 0 amide bonds. The predicted octanol–water partition coefficient (Wildman–Crippen LogP) is 3.88. The zero-order chi connectivity index (χ0) is 15.2. The first-order chi connectivity index (χ1) is 10.1. The molecular formula is C17H30N4. The molecule has 0 unspecified atom stereocenters. The van der Waals surface area contributed by atoms with Crippen LogP contribution in [0, 0.1) is 5.92 Å². The molecule has 1 aromatic heterocycles. The lowest BCUT2D eigenvalue weighted by Gasteiger charge is -2.26. The number of nitrogens with zero attached hydrogens (tertiary/aromatic N) is 3. The molecule has 2 rings (SSSR count). The molecule has 0 spiro atoms. The van der Waals surface area contributed by atoms with Crippen molar-refractivity contribution in [3.63, 3.8) is 0 Å². The summed E-state index contributed by atoms with van der Waals surface area (Å²) in [6.45, 7) is 11.0. The van der Waals surface area contributed by atoms with E-state index in [0.29, 0.717) is 12.0 Å². The minimum Gasteiger partial charge on any atom is -0.370 e. The summed E-state index contributed by atoms with van der Waals surface area (Å²) in [5, 5.41) is 3.42. The highest BCUT2D eigenvalue weighted by Gasteiger charge is 2.30. The molecule has 118 valence electrons. The first-order valence-electron chi connectivity index (χ1n) is 8.52. The second-order valence-corrected chi connectivity index (χ2v) is 6.48. The van der Waals surface area contributed by atoms with Gasteiger partial charge in [-0.05, 0) is 31.6 Å². The monoisotopic (exact) mass is 290 g/mol. The topological polar surface area (TPSA) is 41.0 Å². The van der Waals surface area contributed by atoms with Crippen LogP contribution in [0.5, 0.6) is 0 Å². The third-order valence-corrected chi connectivity index (χ3v) is 3.63. The van der Waals surface area contributed by atoms with Gasteiger partial charge >= 0.3 is 0 Å². The zero-order valence-electron chi connectivity index (χ0n) is 14.0. The fourth-order valence-electron chi connectivity index (χ4n) is 2.52. The molecule has 21 heavy (non-hydrogen) atoms. The number of hydrogen-bond donors (Lipinski definition) is 1. The summed E-state index contributed by atoms with van der Waals surface area (Å²) < 4.78 is 0. The lowest BCUT2D eigenvalue weighted by Crippen LogP contribution is -2.31. The molecular weight excluding hydrogens is 260 g/mol. The summed E-state index contributed by atoms with van der Waals surface area (Å²) in [5.74, 6) is 3.73. The van der Waals surface area contributed by atoms with Crippen LogP contribution in [0.15, 0.2) is 6.07 Å². The Kier molecular flexibility index (Phi) is 5.83. The maximum atomic E-state index is 4.82. The van der Waals surface area contributed by atoms with E-state index in [-0.39, 0.29) is 0 Å². The molecule has 1 aromatic rings. The minimum absolute atomic E-state index is 0.655. The van der Waals surface area contributed by atoms with Crippen LogP contribution in [0.4, 0.5) is 11.6 Å². The van der Waals surface area contributed by atoms with Gasteiger partial charge < -0.3 is 10.2 Å². The fraction of sp³-hybridized carbons (Fsp3) is 0.765. The summed E-state index contributed by atoms with van der Waals surface area (Å²) in [7, 11) is 0. The predicted molar refractivity (Wildman–Crippen MR) is 90.0 cm³/mol. The molecule has 0 aromatic carbocycles. The summed E-state index contributed by atoms with van der Waals surface area (Å²) >= 11 is 0. The zero-order valence-corrected chi connectivity index (χ0v) is 14.0. The Bertz CT molecular complexity index is 440. The van der Waals surface area contributed by atoms with Gasteiger partial charge in [0.2, 0.25) is 0 Å². The molecule has 1 aliphatic rings. The SMILES string of the molecule is CCCNc1cc(N(CC(C)C)C2CC2)nc(CCC)n1. The van der Waals surface area contributed by atoms with E-state index in [1.165, 1.54) is 12.8 Å². The molecule has 0 bridgehead atoms. The first kappa shape index (κ1) is 16.1. The van der Waals surface area contributed by atoms with E-state index in [4.69, 9.17) is 4.98 Å². The molecule has 0 aliphatic heterocycles. The maximum absolute atomic E-state index is 4.82. The molecule has 1 fully saturated rings. The summed E-state index contributed by atoms with van der Waals surface area (Å²) in [6.07, 6.45) is 5.76. The fourth-order valence-corrected chi connectivity index (χ4v) is 2.52. The average molecular weight is 290 g/mol. The number of anilines is 2. The number of nitrogens with one attached hydrogen (secondary N) is 1. The van der Waals surface area contributed by atoms with Crippen LogP contribution in [0.1, 0.15) is 59.2 Å². The Balaban J connectivity index is 2.23. The summed E-state index contributed by atoms with van der Waals surface area (Å²) in [4.78, 5) is 12.0. The van der Waals surface area contributed by atoms with Crippen molar-refractivity contribution >= 4 is 11.6 Å². The highest BCUT2D eigenvalue weighted by atomic mass is 15.2. The van der Waals surface area contributed by atoms with Crippen molar-refractivity contribution < 1.29 is 0 Å². The molecule has 0 radical (unpaired) electrons. The number of rotatable bonds is 9. The Morgan fingerprint density at radius 2 is 2.00 bits per heavy atom. The molecule has 1 aliphatic carbocycles. The van der Waals surface area contributed by atoms with Crippen molar-refractivity contribution in [1.82, 2.24) is 9.97 Å².